The van der Waals surface area contributed by atoms with Gasteiger partial charge in [-0.1, -0.05) is 0 Å². The van der Waals surface area contributed by atoms with Crippen molar-refractivity contribution in [1.29, 1.82) is 0 Å². The lowest BCUT2D eigenvalue weighted by Crippen LogP contribution is -2.54. The Morgan fingerprint density at radius 1 is 1.04 bits per heavy atom. The Morgan fingerprint density at radius 2 is 1.89 bits per heavy atom. The van der Waals surface area contributed by atoms with Crippen LogP contribution in [0.3, 0.4) is 0 Å². The van der Waals surface area contributed by atoms with E-state index in [9.17, 15) is 0 Å². The van der Waals surface area contributed by atoms with Crippen LogP contribution in [0.2, 0.25) is 0 Å². The molecule has 0 bridgehead atoms. The lowest BCUT2D eigenvalue weighted by atomic mass is 9.70. The number of hydrogen-bond acceptors (Lipinski definition) is 7. The first-order valence-corrected chi connectivity index (χ1v) is 10.6. The molecule has 1 saturated carbocycles. The molecule has 6 rings (SSSR count). The van der Waals surface area contributed by atoms with Gasteiger partial charge in [0.2, 0.25) is 6.79 Å². The molecule has 154 valence electrons. The molecule has 0 N–H and O–H groups in total. The summed E-state index contributed by atoms with van der Waals surface area (Å²) in [5.41, 5.74) is 2.49. The molecule has 4 heterocycles. The summed E-state index contributed by atoms with van der Waals surface area (Å²) in [5, 5.41) is 0. The molecular formula is C21H29NO6. The summed E-state index contributed by atoms with van der Waals surface area (Å²) in [6, 6.07) is 0.258. The molecule has 3 fully saturated rings. The van der Waals surface area contributed by atoms with Crippen LogP contribution in [0.25, 0.3) is 0 Å². The Morgan fingerprint density at radius 3 is 2.75 bits per heavy atom. The van der Waals surface area contributed by atoms with E-state index >= 15 is 0 Å². The van der Waals surface area contributed by atoms with Gasteiger partial charge >= 0.3 is 0 Å². The van der Waals surface area contributed by atoms with E-state index in [0.29, 0.717) is 25.4 Å². The van der Waals surface area contributed by atoms with Crippen LogP contribution < -0.4 is 0 Å². The van der Waals surface area contributed by atoms with Gasteiger partial charge in [0.15, 0.2) is 12.0 Å². The van der Waals surface area contributed by atoms with E-state index in [1.807, 2.05) is 0 Å². The minimum absolute atomic E-state index is 0.107. The highest BCUT2D eigenvalue weighted by molar-refractivity contribution is 5.44. The average Bonchev–Trinajstić information content (AvgIpc) is 3.35. The summed E-state index contributed by atoms with van der Waals surface area (Å²) in [6.45, 7) is 1.81. The van der Waals surface area contributed by atoms with Crippen LogP contribution >= 0.6 is 0 Å². The van der Waals surface area contributed by atoms with Crippen molar-refractivity contribution < 1.29 is 28.4 Å². The number of likely N-dealkylation sites (tertiary alicyclic amines) is 1. The highest BCUT2D eigenvalue weighted by Crippen LogP contribution is 2.50. The van der Waals surface area contributed by atoms with Crippen molar-refractivity contribution in [2.75, 3.05) is 34.3 Å². The Balaban J connectivity index is 1.40. The zero-order valence-electron chi connectivity index (χ0n) is 16.6. The fraction of sp³-hybridized carbons (Fsp3) is 0.810. The molecule has 2 aliphatic carbocycles. The van der Waals surface area contributed by atoms with Crippen molar-refractivity contribution in [3.63, 3.8) is 0 Å². The van der Waals surface area contributed by atoms with Gasteiger partial charge in [0.05, 0.1) is 29.9 Å². The van der Waals surface area contributed by atoms with Gasteiger partial charge in [-0.2, -0.15) is 0 Å². The first-order valence-electron chi connectivity index (χ1n) is 10.6. The molecular weight excluding hydrogens is 362 g/mol. The monoisotopic (exact) mass is 391 g/mol. The summed E-state index contributed by atoms with van der Waals surface area (Å²) in [6.07, 6.45) is 5.32. The maximum absolute atomic E-state index is 6.70. The average molecular weight is 391 g/mol. The van der Waals surface area contributed by atoms with Crippen LogP contribution in [0.5, 0.6) is 0 Å². The van der Waals surface area contributed by atoms with Gasteiger partial charge in [0.25, 0.3) is 0 Å². The van der Waals surface area contributed by atoms with Crippen molar-refractivity contribution in [3.05, 3.63) is 22.7 Å². The lowest BCUT2D eigenvalue weighted by molar-refractivity contribution is -0.183. The zero-order chi connectivity index (χ0) is 18.8. The maximum Gasteiger partial charge on any atom is 0.230 e. The van der Waals surface area contributed by atoms with Crippen LogP contribution in [-0.4, -0.2) is 69.8 Å². The predicted molar refractivity (Wildman–Crippen MR) is 97.9 cm³/mol. The number of allylic oxidation sites excluding steroid dienone is 1. The van der Waals surface area contributed by atoms with E-state index < -0.39 is 6.29 Å². The maximum atomic E-state index is 6.70. The molecule has 0 aromatic heterocycles. The van der Waals surface area contributed by atoms with Crippen molar-refractivity contribution in [2.45, 2.75) is 62.7 Å². The summed E-state index contributed by atoms with van der Waals surface area (Å²) < 4.78 is 35.8. The molecule has 4 aliphatic heterocycles. The molecule has 6 aliphatic rings. The normalized spacial score (nSPS) is 45.3. The molecule has 2 saturated heterocycles. The largest absolute Gasteiger partial charge is 0.458 e. The quantitative estimate of drug-likeness (QED) is 0.679. The second-order valence-electron chi connectivity index (χ2n) is 8.90. The minimum atomic E-state index is -0.395. The van der Waals surface area contributed by atoms with Gasteiger partial charge < -0.3 is 28.4 Å². The number of likely N-dealkylation sites (N-methyl/N-ethyl adjacent to an activating group) is 1. The molecule has 28 heavy (non-hydrogen) atoms. The molecule has 7 atom stereocenters. The Kier molecular flexibility index (Phi) is 4.24. The number of rotatable bonds is 1. The topological polar surface area (TPSA) is 58.6 Å². The molecule has 0 aromatic carbocycles. The fourth-order valence-electron chi connectivity index (χ4n) is 6.37. The van der Waals surface area contributed by atoms with Crippen LogP contribution in [0, 0.1) is 11.8 Å². The van der Waals surface area contributed by atoms with Gasteiger partial charge in [-0.3, -0.25) is 4.90 Å². The molecule has 0 radical (unpaired) electrons. The minimum Gasteiger partial charge on any atom is -0.458 e. The molecule has 7 nitrogen and oxygen atoms in total. The molecule has 7 unspecified atom stereocenters. The third-order valence-corrected chi connectivity index (χ3v) is 7.67. The number of hydrogen-bond donors (Lipinski definition) is 0. The second-order valence-corrected chi connectivity index (χ2v) is 8.90. The van der Waals surface area contributed by atoms with Crippen molar-refractivity contribution in [2.24, 2.45) is 11.8 Å². The highest BCUT2D eigenvalue weighted by Gasteiger charge is 2.53. The van der Waals surface area contributed by atoms with E-state index in [-0.39, 0.29) is 24.4 Å². The summed E-state index contributed by atoms with van der Waals surface area (Å²) in [7, 11) is 3.96. The smallest absolute Gasteiger partial charge is 0.230 e. The van der Waals surface area contributed by atoms with Crippen molar-refractivity contribution in [1.82, 2.24) is 4.90 Å². The van der Waals surface area contributed by atoms with Crippen LogP contribution in [0.1, 0.15) is 32.1 Å². The van der Waals surface area contributed by atoms with Crippen LogP contribution in [0.4, 0.5) is 0 Å². The lowest BCUT2D eigenvalue weighted by Gasteiger charge is -2.48. The van der Waals surface area contributed by atoms with E-state index in [2.05, 4.69) is 11.9 Å². The van der Waals surface area contributed by atoms with Gasteiger partial charge in [-0.15, -0.1) is 0 Å². The van der Waals surface area contributed by atoms with Crippen LogP contribution in [-0.2, 0) is 28.4 Å². The van der Waals surface area contributed by atoms with Gasteiger partial charge in [-0.05, 0) is 56.7 Å². The summed E-state index contributed by atoms with van der Waals surface area (Å²) in [4.78, 5) is 2.49. The summed E-state index contributed by atoms with van der Waals surface area (Å²) in [5.74, 6) is 2.87. The molecule has 0 amide bonds. The number of fused-ring (bicyclic) bond motifs is 6. The molecule has 7 heteroatoms. The first-order chi connectivity index (χ1) is 13.7. The van der Waals surface area contributed by atoms with Gasteiger partial charge in [-0.25, -0.2) is 0 Å². The Labute approximate surface area is 165 Å². The number of methoxy groups -OCH3 is 1. The number of nitrogens with zero attached hydrogens (tertiary/aromatic N) is 1. The standard InChI is InChI=1S/C21H29NO6/c1-22-6-5-11-7-15-16(26-9-25-15)8-13(11)19-18(22)12-3-4-14-20(27-10-24-14)17(12)21(23-2)28-19/h11,13,15-16,18-19,21H,3-10H2,1-2H3. The number of ether oxygens (including phenoxy) is 6. The Hall–Kier alpha value is -1.12. The highest BCUT2D eigenvalue weighted by atomic mass is 16.7. The van der Waals surface area contributed by atoms with E-state index in [0.717, 1.165) is 49.3 Å². The third-order valence-electron chi connectivity index (χ3n) is 7.67. The second kappa shape index (κ2) is 6.71. The Bertz CT molecular complexity index is 720. The predicted octanol–water partition coefficient (Wildman–Crippen LogP) is 2.14. The third kappa shape index (κ3) is 2.53. The SMILES string of the molecule is COC1OC2C3CC4OCOC4CC3CCN(C)C2C2=C1C1=C(CC2)OCO1. The van der Waals surface area contributed by atoms with Crippen molar-refractivity contribution >= 4 is 0 Å². The van der Waals surface area contributed by atoms with Gasteiger partial charge in [0.1, 0.15) is 12.6 Å². The zero-order valence-corrected chi connectivity index (χ0v) is 16.6. The molecule has 0 spiro atoms. The van der Waals surface area contributed by atoms with E-state index in [4.69, 9.17) is 28.4 Å². The summed E-state index contributed by atoms with van der Waals surface area (Å²) >= 11 is 0. The van der Waals surface area contributed by atoms with E-state index in [1.165, 1.54) is 12.0 Å². The first kappa shape index (κ1) is 17.7. The van der Waals surface area contributed by atoms with Crippen LogP contribution in [0.15, 0.2) is 22.7 Å². The molecule has 0 aromatic rings. The van der Waals surface area contributed by atoms with Crippen molar-refractivity contribution in [3.8, 4) is 0 Å². The van der Waals surface area contributed by atoms with Gasteiger partial charge in [0, 0.05) is 13.5 Å². The van der Waals surface area contributed by atoms with E-state index in [1.54, 1.807) is 7.11 Å². The fourth-order valence-corrected chi connectivity index (χ4v) is 6.37.